The highest BCUT2D eigenvalue weighted by Gasteiger charge is 2.14. The van der Waals surface area contributed by atoms with Crippen LogP contribution in [0.25, 0.3) is 0 Å². The van der Waals surface area contributed by atoms with Gasteiger partial charge in [-0.25, -0.2) is 0 Å². The van der Waals surface area contributed by atoms with E-state index in [1.165, 1.54) is 5.56 Å². The van der Waals surface area contributed by atoms with Crippen LogP contribution in [0.1, 0.15) is 50.3 Å². The number of ether oxygens (including phenoxy) is 2. The molecule has 2 N–H and O–H groups in total. The van der Waals surface area contributed by atoms with Crippen molar-refractivity contribution in [3.8, 4) is 11.5 Å². The van der Waals surface area contributed by atoms with Gasteiger partial charge in [-0.15, -0.1) is 0 Å². The van der Waals surface area contributed by atoms with Gasteiger partial charge in [0.15, 0.2) is 16.6 Å². The number of nitrogens with one attached hydrogen (secondary N) is 2. The van der Waals surface area contributed by atoms with Gasteiger partial charge in [0.25, 0.3) is 0 Å². The number of hydrogen-bond acceptors (Lipinski definition) is 3. The van der Waals surface area contributed by atoms with E-state index in [1.54, 1.807) is 14.2 Å². The minimum atomic E-state index is 0.0877. The van der Waals surface area contributed by atoms with Gasteiger partial charge >= 0.3 is 0 Å². The predicted octanol–water partition coefficient (Wildman–Crippen LogP) is 5.26. The van der Waals surface area contributed by atoms with Crippen LogP contribution >= 0.6 is 12.2 Å². The van der Waals surface area contributed by atoms with Gasteiger partial charge < -0.3 is 20.1 Å². The molecule has 140 valence electrons. The number of anilines is 1. The van der Waals surface area contributed by atoms with E-state index in [9.17, 15) is 0 Å². The van der Waals surface area contributed by atoms with E-state index in [2.05, 4.69) is 55.7 Å². The molecule has 0 spiro atoms. The Morgan fingerprint density at radius 1 is 0.962 bits per heavy atom. The van der Waals surface area contributed by atoms with E-state index in [4.69, 9.17) is 21.7 Å². The van der Waals surface area contributed by atoms with E-state index < -0.39 is 0 Å². The third-order valence-corrected chi connectivity index (χ3v) is 4.58. The molecule has 2 aromatic carbocycles. The minimum Gasteiger partial charge on any atom is -0.493 e. The molecule has 0 aliphatic carbocycles. The zero-order valence-electron chi connectivity index (χ0n) is 16.1. The van der Waals surface area contributed by atoms with Crippen LogP contribution in [0.4, 0.5) is 5.69 Å². The highest BCUT2D eigenvalue weighted by atomic mass is 32.1. The van der Waals surface area contributed by atoms with Crippen molar-refractivity contribution in [1.82, 2.24) is 5.32 Å². The molecule has 2 aromatic rings. The first-order valence-corrected chi connectivity index (χ1v) is 9.28. The molecule has 0 saturated carbocycles. The number of benzene rings is 2. The monoisotopic (exact) mass is 372 g/mol. The second kappa shape index (κ2) is 9.43. The molecule has 0 aromatic heterocycles. The van der Waals surface area contributed by atoms with Crippen molar-refractivity contribution in [1.29, 1.82) is 0 Å². The molecule has 0 bridgehead atoms. The Morgan fingerprint density at radius 2 is 1.58 bits per heavy atom. The minimum absolute atomic E-state index is 0.0877. The fourth-order valence-corrected chi connectivity index (χ4v) is 3.03. The highest BCUT2D eigenvalue weighted by Crippen LogP contribution is 2.31. The summed E-state index contributed by atoms with van der Waals surface area (Å²) in [4.78, 5) is 0. The SMILES string of the molecule is CC[C@H](NC(=S)Nc1ccc(C(C)C)cc1)c1ccc(OC)c(OC)c1. The summed E-state index contributed by atoms with van der Waals surface area (Å²) >= 11 is 5.49. The van der Waals surface area contributed by atoms with E-state index in [-0.39, 0.29) is 6.04 Å². The predicted molar refractivity (Wildman–Crippen MR) is 112 cm³/mol. The third kappa shape index (κ3) is 5.11. The molecular weight excluding hydrogens is 344 g/mol. The van der Waals surface area contributed by atoms with Gasteiger partial charge in [-0.1, -0.05) is 39.0 Å². The zero-order valence-corrected chi connectivity index (χ0v) is 16.9. The molecule has 0 aliphatic rings. The lowest BCUT2D eigenvalue weighted by Crippen LogP contribution is -2.32. The normalized spacial score (nSPS) is 11.8. The maximum absolute atomic E-state index is 5.49. The quantitative estimate of drug-likeness (QED) is 0.649. The second-order valence-corrected chi connectivity index (χ2v) is 6.86. The van der Waals surface area contributed by atoms with Crippen LogP contribution in [-0.4, -0.2) is 19.3 Å². The van der Waals surface area contributed by atoms with Gasteiger partial charge in [0, 0.05) is 5.69 Å². The van der Waals surface area contributed by atoms with Crippen molar-refractivity contribution in [2.24, 2.45) is 0 Å². The van der Waals surface area contributed by atoms with Crippen LogP contribution in [0.5, 0.6) is 11.5 Å². The Balaban J connectivity index is 2.06. The summed E-state index contributed by atoms with van der Waals surface area (Å²) in [5, 5.41) is 7.24. The van der Waals surface area contributed by atoms with Crippen molar-refractivity contribution in [2.45, 2.75) is 39.2 Å². The van der Waals surface area contributed by atoms with Crippen LogP contribution in [0.2, 0.25) is 0 Å². The lowest BCUT2D eigenvalue weighted by Gasteiger charge is -2.21. The van der Waals surface area contributed by atoms with E-state index >= 15 is 0 Å². The van der Waals surface area contributed by atoms with Gasteiger partial charge in [-0.3, -0.25) is 0 Å². The maximum atomic E-state index is 5.49. The number of hydrogen-bond donors (Lipinski definition) is 2. The standard InChI is InChI=1S/C21H28N2O2S/c1-6-18(16-9-12-19(24-4)20(13-16)25-5)23-21(26)22-17-10-7-15(8-11-17)14(2)3/h7-14,18H,6H2,1-5H3,(H2,22,23,26)/t18-/m0/s1. The molecule has 0 amide bonds. The molecule has 0 heterocycles. The van der Waals surface area contributed by atoms with Gasteiger partial charge in [0.05, 0.1) is 20.3 Å². The average Bonchev–Trinajstić information content (AvgIpc) is 2.65. The van der Waals surface area contributed by atoms with Crippen molar-refractivity contribution < 1.29 is 9.47 Å². The van der Waals surface area contributed by atoms with E-state index in [1.807, 2.05) is 18.2 Å². The fraction of sp³-hybridized carbons (Fsp3) is 0.381. The van der Waals surface area contributed by atoms with Crippen LogP contribution in [-0.2, 0) is 0 Å². The van der Waals surface area contributed by atoms with Crippen molar-refractivity contribution >= 4 is 23.0 Å². The first-order valence-electron chi connectivity index (χ1n) is 8.87. The highest BCUT2D eigenvalue weighted by molar-refractivity contribution is 7.80. The van der Waals surface area contributed by atoms with Gasteiger partial charge in [-0.2, -0.15) is 0 Å². The summed E-state index contributed by atoms with van der Waals surface area (Å²) in [6.07, 6.45) is 0.892. The van der Waals surface area contributed by atoms with Crippen LogP contribution in [0.15, 0.2) is 42.5 Å². The Bertz CT molecular complexity index is 729. The molecule has 4 nitrogen and oxygen atoms in total. The third-order valence-electron chi connectivity index (χ3n) is 4.36. The summed E-state index contributed by atoms with van der Waals surface area (Å²) in [5.74, 6) is 1.95. The number of rotatable bonds is 7. The second-order valence-electron chi connectivity index (χ2n) is 6.45. The Morgan fingerprint density at radius 3 is 2.12 bits per heavy atom. The lowest BCUT2D eigenvalue weighted by molar-refractivity contribution is 0.354. The topological polar surface area (TPSA) is 42.5 Å². The Labute approximate surface area is 161 Å². The first-order chi connectivity index (χ1) is 12.5. The van der Waals surface area contributed by atoms with Crippen molar-refractivity contribution in [3.05, 3.63) is 53.6 Å². The zero-order chi connectivity index (χ0) is 19.1. The molecule has 0 radical (unpaired) electrons. The summed E-state index contributed by atoms with van der Waals surface area (Å²) < 4.78 is 10.7. The van der Waals surface area contributed by atoms with Crippen molar-refractivity contribution in [2.75, 3.05) is 19.5 Å². The van der Waals surface area contributed by atoms with E-state index in [0.29, 0.717) is 16.8 Å². The molecule has 0 fully saturated rings. The Hall–Kier alpha value is -2.27. The largest absolute Gasteiger partial charge is 0.493 e. The number of methoxy groups -OCH3 is 2. The van der Waals surface area contributed by atoms with E-state index in [0.717, 1.165) is 23.4 Å². The average molecular weight is 373 g/mol. The summed E-state index contributed by atoms with van der Waals surface area (Å²) in [7, 11) is 3.28. The molecule has 0 aliphatic heterocycles. The summed E-state index contributed by atoms with van der Waals surface area (Å²) in [6, 6.07) is 14.4. The molecule has 1 atom stereocenters. The number of thiocarbonyl (C=S) groups is 1. The molecular formula is C21H28N2O2S. The molecule has 26 heavy (non-hydrogen) atoms. The van der Waals surface area contributed by atoms with Crippen LogP contribution in [0.3, 0.4) is 0 Å². The molecule has 5 heteroatoms. The van der Waals surface area contributed by atoms with Gasteiger partial charge in [0.2, 0.25) is 0 Å². The van der Waals surface area contributed by atoms with Gasteiger partial charge in [-0.05, 0) is 59.9 Å². The molecule has 2 rings (SSSR count). The maximum Gasteiger partial charge on any atom is 0.171 e. The van der Waals surface area contributed by atoms with Crippen LogP contribution < -0.4 is 20.1 Å². The Kier molecular flexibility index (Phi) is 7.27. The molecule has 0 unspecified atom stereocenters. The smallest absolute Gasteiger partial charge is 0.171 e. The first kappa shape index (κ1) is 20.0. The lowest BCUT2D eigenvalue weighted by atomic mass is 10.0. The van der Waals surface area contributed by atoms with Crippen LogP contribution in [0, 0.1) is 0 Å². The molecule has 0 saturated heterocycles. The summed E-state index contributed by atoms with van der Waals surface area (Å²) in [6.45, 7) is 6.49. The van der Waals surface area contributed by atoms with Gasteiger partial charge in [0.1, 0.15) is 0 Å². The summed E-state index contributed by atoms with van der Waals surface area (Å²) in [5.41, 5.74) is 3.39. The van der Waals surface area contributed by atoms with Crippen molar-refractivity contribution in [3.63, 3.8) is 0 Å². The fourth-order valence-electron chi connectivity index (χ4n) is 2.77.